The molecule has 0 bridgehead atoms. The largest absolute Gasteiger partial charge is 0.460 e. The number of nitrogens with one attached hydrogen (secondary N) is 1. The second-order valence-corrected chi connectivity index (χ2v) is 6.50. The number of nitrogens with zero attached hydrogens (tertiary/aromatic N) is 1. The molecule has 2 aromatic rings. The van der Waals surface area contributed by atoms with Crippen LogP contribution in [-0.4, -0.2) is 30.4 Å². The average molecular weight is 326 g/mol. The van der Waals surface area contributed by atoms with Gasteiger partial charge in [0.25, 0.3) is 0 Å². The smallest absolute Gasteiger partial charge is 0.223 e. The number of amides is 1. The Labute approximate surface area is 143 Å². The van der Waals surface area contributed by atoms with Gasteiger partial charge in [0.15, 0.2) is 0 Å². The lowest BCUT2D eigenvalue weighted by Crippen LogP contribution is -2.37. The van der Waals surface area contributed by atoms with Gasteiger partial charge in [0.1, 0.15) is 11.5 Å². The maximum Gasteiger partial charge on any atom is 0.223 e. The molecule has 0 radical (unpaired) electrons. The number of hydrogen-bond donors (Lipinski definition) is 1. The molecule has 0 spiro atoms. The number of carbonyl (C=O) groups excluding carboxylic acids is 1. The van der Waals surface area contributed by atoms with Crippen LogP contribution in [0.1, 0.15) is 37.0 Å². The highest BCUT2D eigenvalue weighted by atomic mass is 16.3. The molecule has 4 heteroatoms. The van der Waals surface area contributed by atoms with Gasteiger partial charge in [-0.2, -0.15) is 0 Å². The Morgan fingerprint density at radius 2 is 1.83 bits per heavy atom. The summed E-state index contributed by atoms with van der Waals surface area (Å²) in [6, 6.07) is 12.3. The standard InChI is InChI=1S/C20H26N2O2/c1-16-5-7-17(8-6-16)19-10-9-18(24-19)15-21-12-11-20(23)22-13-3-2-4-14-22/h5-10,21H,2-4,11-15H2,1H3. The summed E-state index contributed by atoms with van der Waals surface area (Å²) >= 11 is 0. The molecule has 1 saturated heterocycles. The van der Waals surface area contributed by atoms with E-state index in [2.05, 4.69) is 36.5 Å². The van der Waals surface area contributed by atoms with Gasteiger partial charge in [-0.25, -0.2) is 0 Å². The van der Waals surface area contributed by atoms with Crippen molar-refractivity contribution in [3.05, 3.63) is 47.7 Å². The first-order chi connectivity index (χ1) is 11.7. The molecule has 1 amide bonds. The van der Waals surface area contributed by atoms with Crippen molar-refractivity contribution in [3.8, 4) is 11.3 Å². The SMILES string of the molecule is Cc1ccc(-c2ccc(CNCCC(=O)N3CCCCC3)o2)cc1. The molecule has 1 aliphatic heterocycles. The van der Waals surface area contributed by atoms with E-state index in [0.29, 0.717) is 19.5 Å². The van der Waals surface area contributed by atoms with E-state index in [9.17, 15) is 4.79 Å². The molecule has 0 atom stereocenters. The predicted octanol–water partition coefficient (Wildman–Crippen LogP) is 3.75. The first kappa shape index (κ1) is 16.8. The Hall–Kier alpha value is -2.07. The second kappa shape index (κ2) is 8.15. The highest BCUT2D eigenvalue weighted by molar-refractivity contribution is 5.76. The maximum absolute atomic E-state index is 12.1. The van der Waals surface area contributed by atoms with Gasteiger partial charge in [-0.05, 0) is 38.3 Å². The molecule has 1 aliphatic rings. The number of benzene rings is 1. The summed E-state index contributed by atoms with van der Waals surface area (Å²) < 4.78 is 5.88. The van der Waals surface area contributed by atoms with Crippen molar-refractivity contribution in [2.24, 2.45) is 0 Å². The number of hydrogen-bond acceptors (Lipinski definition) is 3. The van der Waals surface area contributed by atoms with Crippen LogP contribution in [-0.2, 0) is 11.3 Å². The monoisotopic (exact) mass is 326 g/mol. The topological polar surface area (TPSA) is 45.5 Å². The van der Waals surface area contributed by atoms with Gasteiger partial charge in [-0.1, -0.05) is 29.8 Å². The first-order valence-electron chi connectivity index (χ1n) is 8.86. The molecule has 0 aliphatic carbocycles. The summed E-state index contributed by atoms with van der Waals surface area (Å²) in [6.45, 7) is 5.27. The minimum Gasteiger partial charge on any atom is -0.460 e. The van der Waals surface area contributed by atoms with Crippen molar-refractivity contribution in [1.82, 2.24) is 10.2 Å². The molecule has 1 aromatic carbocycles. The molecule has 1 fully saturated rings. The second-order valence-electron chi connectivity index (χ2n) is 6.50. The highest BCUT2D eigenvalue weighted by Gasteiger charge is 2.15. The molecule has 2 heterocycles. The van der Waals surface area contributed by atoms with Gasteiger partial charge in [-0.3, -0.25) is 4.79 Å². The van der Waals surface area contributed by atoms with Crippen LogP contribution in [0.2, 0.25) is 0 Å². The number of piperidine rings is 1. The molecular weight excluding hydrogens is 300 g/mol. The minimum atomic E-state index is 0.266. The van der Waals surface area contributed by atoms with Crippen molar-refractivity contribution in [2.75, 3.05) is 19.6 Å². The van der Waals surface area contributed by atoms with Crippen molar-refractivity contribution in [1.29, 1.82) is 0 Å². The Balaban J connectivity index is 1.42. The molecule has 24 heavy (non-hydrogen) atoms. The van der Waals surface area contributed by atoms with Gasteiger partial charge in [0.05, 0.1) is 6.54 Å². The number of carbonyl (C=O) groups is 1. The Bertz CT molecular complexity index is 655. The number of furan rings is 1. The van der Waals surface area contributed by atoms with Crippen molar-refractivity contribution in [3.63, 3.8) is 0 Å². The highest BCUT2D eigenvalue weighted by Crippen LogP contribution is 2.22. The van der Waals surface area contributed by atoms with Crippen LogP contribution in [0, 0.1) is 6.92 Å². The number of likely N-dealkylation sites (tertiary alicyclic amines) is 1. The van der Waals surface area contributed by atoms with E-state index in [1.807, 2.05) is 17.0 Å². The van der Waals surface area contributed by atoms with Crippen molar-refractivity contribution in [2.45, 2.75) is 39.2 Å². The fraction of sp³-hybridized carbons (Fsp3) is 0.450. The number of rotatable bonds is 6. The third kappa shape index (κ3) is 4.48. The molecule has 3 rings (SSSR count). The third-order valence-corrected chi connectivity index (χ3v) is 4.52. The lowest BCUT2D eigenvalue weighted by molar-refractivity contribution is -0.131. The van der Waals surface area contributed by atoms with E-state index in [-0.39, 0.29) is 5.91 Å². The zero-order chi connectivity index (χ0) is 16.8. The minimum absolute atomic E-state index is 0.266. The molecule has 1 N–H and O–H groups in total. The van der Waals surface area contributed by atoms with Crippen LogP contribution in [0.25, 0.3) is 11.3 Å². The van der Waals surface area contributed by atoms with E-state index in [4.69, 9.17) is 4.42 Å². The summed E-state index contributed by atoms with van der Waals surface area (Å²) in [7, 11) is 0. The summed E-state index contributed by atoms with van der Waals surface area (Å²) in [5.74, 6) is 2.05. The Kier molecular flexibility index (Phi) is 5.70. The summed E-state index contributed by atoms with van der Waals surface area (Å²) in [4.78, 5) is 14.1. The van der Waals surface area contributed by atoms with Crippen LogP contribution in [0.4, 0.5) is 0 Å². The normalized spacial score (nSPS) is 14.8. The molecule has 0 saturated carbocycles. The lowest BCUT2D eigenvalue weighted by atomic mass is 10.1. The Morgan fingerprint density at radius 3 is 2.58 bits per heavy atom. The Morgan fingerprint density at radius 1 is 1.08 bits per heavy atom. The van der Waals surface area contributed by atoms with E-state index >= 15 is 0 Å². The first-order valence-corrected chi connectivity index (χ1v) is 8.86. The van der Waals surface area contributed by atoms with Crippen molar-refractivity contribution >= 4 is 5.91 Å². The van der Waals surface area contributed by atoms with Gasteiger partial charge >= 0.3 is 0 Å². The van der Waals surface area contributed by atoms with E-state index in [1.54, 1.807) is 0 Å². The van der Waals surface area contributed by atoms with Gasteiger partial charge in [-0.15, -0.1) is 0 Å². The summed E-state index contributed by atoms with van der Waals surface area (Å²) in [5, 5.41) is 3.30. The van der Waals surface area contributed by atoms with E-state index < -0.39 is 0 Å². The molecule has 0 unspecified atom stereocenters. The molecular formula is C20H26N2O2. The third-order valence-electron chi connectivity index (χ3n) is 4.52. The maximum atomic E-state index is 12.1. The summed E-state index contributed by atoms with van der Waals surface area (Å²) in [6.07, 6.45) is 4.11. The molecule has 1 aromatic heterocycles. The van der Waals surface area contributed by atoms with Crippen LogP contribution in [0.5, 0.6) is 0 Å². The van der Waals surface area contributed by atoms with Crippen LogP contribution >= 0.6 is 0 Å². The van der Waals surface area contributed by atoms with Gasteiger partial charge in [0.2, 0.25) is 5.91 Å². The van der Waals surface area contributed by atoms with Gasteiger partial charge in [0, 0.05) is 31.6 Å². The summed E-state index contributed by atoms with van der Waals surface area (Å²) in [5.41, 5.74) is 2.33. The van der Waals surface area contributed by atoms with Gasteiger partial charge < -0.3 is 14.6 Å². The van der Waals surface area contributed by atoms with Crippen molar-refractivity contribution < 1.29 is 9.21 Å². The fourth-order valence-electron chi connectivity index (χ4n) is 3.05. The fourth-order valence-corrected chi connectivity index (χ4v) is 3.05. The van der Waals surface area contributed by atoms with E-state index in [0.717, 1.165) is 43.0 Å². The lowest BCUT2D eigenvalue weighted by Gasteiger charge is -2.26. The quantitative estimate of drug-likeness (QED) is 0.822. The average Bonchev–Trinajstić information content (AvgIpc) is 3.09. The predicted molar refractivity (Wildman–Crippen MR) is 95.6 cm³/mol. The number of aryl methyl sites for hydroxylation is 1. The van der Waals surface area contributed by atoms with Crippen LogP contribution in [0.15, 0.2) is 40.8 Å². The zero-order valence-electron chi connectivity index (χ0n) is 14.4. The van der Waals surface area contributed by atoms with Crippen LogP contribution in [0.3, 0.4) is 0 Å². The molecule has 128 valence electrons. The molecule has 4 nitrogen and oxygen atoms in total. The zero-order valence-corrected chi connectivity index (χ0v) is 14.4. The van der Waals surface area contributed by atoms with Crippen LogP contribution < -0.4 is 5.32 Å². The van der Waals surface area contributed by atoms with E-state index in [1.165, 1.54) is 12.0 Å².